The number of piperidine rings is 1. The summed E-state index contributed by atoms with van der Waals surface area (Å²) in [4.78, 5) is 15.1. The Labute approximate surface area is 225 Å². The lowest BCUT2D eigenvalue weighted by molar-refractivity contribution is -0.155. The van der Waals surface area contributed by atoms with Crippen LogP contribution < -0.4 is 4.74 Å². The maximum atomic E-state index is 15.6. The van der Waals surface area contributed by atoms with E-state index in [4.69, 9.17) is 9.47 Å². The lowest BCUT2D eigenvalue weighted by Gasteiger charge is -2.45. The van der Waals surface area contributed by atoms with Crippen LogP contribution in [0.4, 0.5) is 4.39 Å². The maximum absolute atomic E-state index is 15.6. The fourth-order valence-electron chi connectivity index (χ4n) is 6.41. The lowest BCUT2D eigenvalue weighted by atomic mass is 9.71. The molecule has 2 N–H and O–H groups in total. The van der Waals surface area contributed by atoms with Crippen molar-refractivity contribution >= 4 is 5.91 Å². The molecule has 0 radical (unpaired) electrons. The number of unbranched alkanes of at least 4 members (excludes halogenated alkanes) is 1. The number of likely N-dealkylation sites (tertiary alicyclic amines) is 1. The van der Waals surface area contributed by atoms with Gasteiger partial charge in [-0.2, -0.15) is 0 Å². The Hall–Kier alpha value is -2.48. The normalized spacial score (nSPS) is 20.8. The number of hydrogen-bond acceptors (Lipinski definition) is 5. The molecule has 4 rings (SSSR count). The van der Waals surface area contributed by atoms with Crippen LogP contribution in [0.3, 0.4) is 0 Å². The Bertz CT molecular complexity index is 1120. The third-order valence-electron chi connectivity index (χ3n) is 8.42. The van der Waals surface area contributed by atoms with Gasteiger partial charge in [-0.05, 0) is 99.6 Å². The highest BCUT2D eigenvalue weighted by Gasteiger charge is 2.47. The Kier molecular flexibility index (Phi) is 9.11. The number of nitrogens with zero attached hydrogens (tertiary/aromatic N) is 1. The molecule has 1 amide bonds. The van der Waals surface area contributed by atoms with Gasteiger partial charge in [0.05, 0.1) is 12.7 Å². The molecule has 1 aliphatic carbocycles. The van der Waals surface area contributed by atoms with Crippen molar-refractivity contribution in [3.05, 3.63) is 53.3 Å². The molecule has 7 heteroatoms. The number of halogens is 1. The Balaban J connectivity index is 1.75. The molecule has 0 spiro atoms. The average Bonchev–Trinajstić information content (AvgIpc) is 3.37. The molecule has 38 heavy (non-hydrogen) atoms. The second-order valence-corrected chi connectivity index (χ2v) is 11.1. The van der Waals surface area contributed by atoms with Crippen LogP contribution in [0.1, 0.15) is 68.9 Å². The molecule has 2 aromatic carbocycles. The number of benzene rings is 2. The van der Waals surface area contributed by atoms with Crippen LogP contribution >= 0.6 is 0 Å². The van der Waals surface area contributed by atoms with Crippen LogP contribution in [-0.2, 0) is 15.1 Å². The van der Waals surface area contributed by atoms with Gasteiger partial charge in [0.2, 0.25) is 0 Å². The first-order valence-electron chi connectivity index (χ1n) is 13.9. The number of aliphatic hydroxyl groups is 2. The topological polar surface area (TPSA) is 79.2 Å². The number of carbonyl (C=O) groups is 1. The van der Waals surface area contributed by atoms with E-state index in [2.05, 4.69) is 0 Å². The van der Waals surface area contributed by atoms with Crippen LogP contribution in [-0.4, -0.2) is 60.5 Å². The molecule has 1 unspecified atom stereocenters. The molecule has 1 heterocycles. The van der Waals surface area contributed by atoms with E-state index < -0.39 is 17.0 Å². The van der Waals surface area contributed by atoms with Gasteiger partial charge >= 0.3 is 0 Å². The summed E-state index contributed by atoms with van der Waals surface area (Å²) < 4.78 is 26.3. The smallest absolute Gasteiger partial charge is 0.254 e. The van der Waals surface area contributed by atoms with Crippen molar-refractivity contribution in [1.29, 1.82) is 0 Å². The van der Waals surface area contributed by atoms with Crippen molar-refractivity contribution in [3.8, 4) is 16.9 Å². The molecule has 0 aromatic heterocycles. The summed E-state index contributed by atoms with van der Waals surface area (Å²) >= 11 is 0. The maximum Gasteiger partial charge on any atom is 0.254 e. The van der Waals surface area contributed by atoms with Gasteiger partial charge in [0.1, 0.15) is 17.2 Å². The zero-order chi connectivity index (χ0) is 27.3. The van der Waals surface area contributed by atoms with Gasteiger partial charge in [-0.15, -0.1) is 0 Å². The number of hydrogen-bond donors (Lipinski definition) is 2. The summed E-state index contributed by atoms with van der Waals surface area (Å²) in [5, 5.41) is 23.6. The summed E-state index contributed by atoms with van der Waals surface area (Å²) in [6, 6.07) is 10.5. The Morgan fingerprint density at radius 1 is 1.16 bits per heavy atom. The largest absolute Gasteiger partial charge is 0.497 e. The second kappa shape index (κ2) is 12.1. The van der Waals surface area contributed by atoms with E-state index in [-0.39, 0.29) is 11.8 Å². The molecule has 0 bridgehead atoms. The molecule has 2 aliphatic rings. The SMILES string of the molecule is COCCCCC(O)(c1cccc(F)c1-c1cc(C)cc(OC)c1)[C@@H]1CCCN(C(=O)C2(O)CCCC2)C1. The monoisotopic (exact) mass is 527 g/mol. The van der Waals surface area contributed by atoms with Crippen LogP contribution in [0.5, 0.6) is 5.75 Å². The summed E-state index contributed by atoms with van der Waals surface area (Å²) in [5.74, 6) is -0.323. The van der Waals surface area contributed by atoms with Gasteiger partial charge in [-0.3, -0.25) is 4.79 Å². The lowest BCUT2D eigenvalue weighted by Crippen LogP contribution is -2.54. The Morgan fingerprint density at radius 3 is 2.63 bits per heavy atom. The molecule has 2 fully saturated rings. The molecule has 1 aliphatic heterocycles. The van der Waals surface area contributed by atoms with Gasteiger partial charge in [-0.1, -0.05) is 18.2 Å². The third kappa shape index (κ3) is 5.90. The summed E-state index contributed by atoms with van der Waals surface area (Å²) in [6.45, 7) is 3.39. The summed E-state index contributed by atoms with van der Waals surface area (Å²) in [6.07, 6.45) is 5.93. The molecule has 2 aromatic rings. The fourth-order valence-corrected chi connectivity index (χ4v) is 6.41. The van der Waals surface area contributed by atoms with E-state index in [0.717, 1.165) is 31.2 Å². The van der Waals surface area contributed by atoms with Crippen molar-refractivity contribution in [1.82, 2.24) is 4.90 Å². The zero-order valence-corrected chi connectivity index (χ0v) is 23.0. The van der Waals surface area contributed by atoms with Gasteiger partial charge < -0.3 is 24.6 Å². The number of aryl methyl sites for hydroxylation is 1. The van der Waals surface area contributed by atoms with Crippen molar-refractivity contribution < 1.29 is 28.9 Å². The number of ether oxygens (including phenoxy) is 2. The minimum atomic E-state index is -1.38. The first kappa shape index (κ1) is 28.5. The Morgan fingerprint density at radius 2 is 1.92 bits per heavy atom. The first-order chi connectivity index (χ1) is 18.2. The minimum Gasteiger partial charge on any atom is -0.497 e. The van der Waals surface area contributed by atoms with Crippen LogP contribution in [0.25, 0.3) is 11.1 Å². The molecule has 6 nitrogen and oxygen atoms in total. The molecule has 208 valence electrons. The van der Waals surface area contributed by atoms with E-state index in [1.807, 2.05) is 25.1 Å². The molecule has 1 saturated heterocycles. The van der Waals surface area contributed by atoms with Crippen molar-refractivity contribution in [3.63, 3.8) is 0 Å². The van der Waals surface area contributed by atoms with Gasteiger partial charge in [0, 0.05) is 38.3 Å². The first-order valence-corrected chi connectivity index (χ1v) is 13.9. The average molecular weight is 528 g/mol. The number of carbonyl (C=O) groups excluding carboxylic acids is 1. The molecule has 1 saturated carbocycles. The van der Waals surface area contributed by atoms with E-state index in [0.29, 0.717) is 74.2 Å². The summed E-state index contributed by atoms with van der Waals surface area (Å²) in [5.41, 5.74) is -0.214. The van der Waals surface area contributed by atoms with Crippen molar-refractivity contribution in [2.24, 2.45) is 5.92 Å². The molecule has 2 atom stereocenters. The quantitative estimate of drug-likeness (QED) is 0.407. The predicted molar refractivity (Wildman–Crippen MR) is 145 cm³/mol. The van der Waals surface area contributed by atoms with Crippen LogP contribution in [0.2, 0.25) is 0 Å². The highest BCUT2D eigenvalue weighted by Crippen LogP contribution is 2.45. The number of amides is 1. The van der Waals surface area contributed by atoms with Crippen LogP contribution in [0, 0.1) is 18.7 Å². The second-order valence-electron chi connectivity index (χ2n) is 11.1. The highest BCUT2D eigenvalue weighted by molar-refractivity contribution is 5.85. The fraction of sp³-hybridized carbons (Fsp3) is 0.581. The highest BCUT2D eigenvalue weighted by atomic mass is 19.1. The number of rotatable bonds is 10. The van der Waals surface area contributed by atoms with Crippen LogP contribution in [0.15, 0.2) is 36.4 Å². The standard InChI is InChI=1S/C31H42FNO5/c1-22-18-23(20-25(19-22)38-3)28-26(11-8-12-27(28)32)31(36,15-6-7-17-37-2)24-10-9-16-33(21-24)29(34)30(35)13-4-5-14-30/h8,11-12,18-20,24,35-36H,4-7,9-10,13-17,21H2,1-3H3/t24-,31?/m1/s1. The molecular formula is C31H42FNO5. The van der Waals surface area contributed by atoms with E-state index >= 15 is 4.39 Å². The predicted octanol–water partition coefficient (Wildman–Crippen LogP) is 5.36. The zero-order valence-electron chi connectivity index (χ0n) is 23.0. The molecular weight excluding hydrogens is 485 g/mol. The van der Waals surface area contributed by atoms with E-state index in [1.165, 1.54) is 6.07 Å². The third-order valence-corrected chi connectivity index (χ3v) is 8.42. The van der Waals surface area contributed by atoms with Crippen molar-refractivity contribution in [2.75, 3.05) is 33.9 Å². The van der Waals surface area contributed by atoms with E-state index in [9.17, 15) is 15.0 Å². The van der Waals surface area contributed by atoms with Gasteiger partial charge in [0.15, 0.2) is 0 Å². The number of methoxy groups -OCH3 is 2. The summed E-state index contributed by atoms with van der Waals surface area (Å²) in [7, 11) is 3.24. The minimum absolute atomic E-state index is 0.232. The van der Waals surface area contributed by atoms with Gasteiger partial charge in [0.25, 0.3) is 5.91 Å². The van der Waals surface area contributed by atoms with Gasteiger partial charge in [-0.25, -0.2) is 4.39 Å². The van der Waals surface area contributed by atoms with E-state index in [1.54, 1.807) is 31.3 Å². The van der Waals surface area contributed by atoms with Crippen molar-refractivity contribution in [2.45, 2.75) is 75.9 Å².